The Balaban J connectivity index is 1.66. The highest BCUT2D eigenvalue weighted by Crippen LogP contribution is 2.67. The number of nitrogens with zero attached hydrogens (tertiary/aromatic N) is 1. The average molecular weight is 432 g/mol. The van der Waals surface area contributed by atoms with Crippen LogP contribution in [-0.2, 0) is 4.79 Å². The van der Waals surface area contributed by atoms with Crippen molar-refractivity contribution in [3.05, 3.63) is 64.8 Å². The molecule has 0 unspecified atom stereocenters. The standard InChI is InChI=1S/C29H37NO2/c1-5-15-29(32)16-14-26-24-12-8-20-17-22(31)11-13-23(20)27(24)25(18-28(26,29)2)19-6-9-21(10-7-19)30(3)4/h5-7,9-10,15,17,24-26,32H,8,11-14,16,18H2,1-4H3/t24-,25+,26-,28-,29-/m0/s1. The average Bonchev–Trinajstić information content (AvgIpc) is 3.03. The van der Waals surface area contributed by atoms with Crippen molar-refractivity contribution in [3.8, 4) is 0 Å². The summed E-state index contributed by atoms with van der Waals surface area (Å²) in [4.78, 5) is 14.3. The highest BCUT2D eigenvalue weighted by molar-refractivity contribution is 5.93. The monoisotopic (exact) mass is 431 g/mol. The molecular weight excluding hydrogens is 394 g/mol. The van der Waals surface area contributed by atoms with Gasteiger partial charge in [-0.15, -0.1) is 0 Å². The summed E-state index contributed by atoms with van der Waals surface area (Å²) < 4.78 is 0. The van der Waals surface area contributed by atoms with Crippen LogP contribution in [0.2, 0.25) is 0 Å². The fourth-order valence-corrected chi connectivity index (χ4v) is 7.55. The largest absolute Gasteiger partial charge is 0.385 e. The van der Waals surface area contributed by atoms with Gasteiger partial charge in [0.2, 0.25) is 0 Å². The molecule has 3 heteroatoms. The predicted octanol–water partition coefficient (Wildman–Crippen LogP) is 5.96. The number of hydrogen-bond acceptors (Lipinski definition) is 3. The Morgan fingerprint density at radius 2 is 1.84 bits per heavy atom. The molecule has 5 atom stereocenters. The van der Waals surface area contributed by atoms with Crippen LogP contribution in [0.25, 0.3) is 0 Å². The first-order valence-electron chi connectivity index (χ1n) is 12.4. The van der Waals surface area contributed by atoms with Gasteiger partial charge in [-0.25, -0.2) is 0 Å². The number of carbonyl (C=O) groups is 1. The van der Waals surface area contributed by atoms with Crippen molar-refractivity contribution in [2.24, 2.45) is 17.3 Å². The molecule has 2 fully saturated rings. The second-order valence-electron chi connectivity index (χ2n) is 10.9. The highest BCUT2D eigenvalue weighted by atomic mass is 16.3. The topological polar surface area (TPSA) is 40.5 Å². The predicted molar refractivity (Wildman–Crippen MR) is 131 cm³/mol. The van der Waals surface area contributed by atoms with Crippen LogP contribution in [0, 0.1) is 17.3 Å². The van der Waals surface area contributed by atoms with Gasteiger partial charge in [-0.05, 0) is 92.2 Å². The minimum atomic E-state index is -0.733. The zero-order chi connectivity index (χ0) is 22.7. The molecule has 4 aliphatic rings. The molecule has 0 aromatic heterocycles. The molecule has 2 saturated carbocycles. The number of aliphatic hydroxyl groups is 1. The Labute approximate surface area is 192 Å². The molecule has 4 aliphatic carbocycles. The van der Waals surface area contributed by atoms with Gasteiger partial charge in [0, 0.05) is 37.5 Å². The van der Waals surface area contributed by atoms with Crippen molar-refractivity contribution < 1.29 is 9.90 Å². The number of rotatable bonds is 3. The Morgan fingerprint density at radius 3 is 2.53 bits per heavy atom. The number of benzene rings is 1. The zero-order valence-corrected chi connectivity index (χ0v) is 20.0. The summed E-state index contributed by atoms with van der Waals surface area (Å²) in [6.07, 6.45) is 12.6. The molecular formula is C29H37NO2. The normalized spacial score (nSPS) is 36.6. The molecule has 170 valence electrons. The van der Waals surface area contributed by atoms with E-state index >= 15 is 0 Å². The van der Waals surface area contributed by atoms with Crippen molar-refractivity contribution in [3.63, 3.8) is 0 Å². The van der Waals surface area contributed by atoms with Crippen LogP contribution in [0.3, 0.4) is 0 Å². The van der Waals surface area contributed by atoms with Crippen molar-refractivity contribution >= 4 is 11.5 Å². The third kappa shape index (κ3) is 3.15. The van der Waals surface area contributed by atoms with Gasteiger partial charge in [-0.1, -0.05) is 36.8 Å². The van der Waals surface area contributed by atoms with E-state index in [1.54, 1.807) is 5.57 Å². The number of ketones is 1. The second kappa shape index (κ2) is 7.73. The van der Waals surface area contributed by atoms with E-state index in [1.807, 2.05) is 19.1 Å². The molecule has 0 saturated heterocycles. The lowest BCUT2D eigenvalue weighted by Gasteiger charge is -2.54. The lowest BCUT2D eigenvalue weighted by molar-refractivity contribution is -0.114. The highest BCUT2D eigenvalue weighted by Gasteiger charge is 2.61. The zero-order valence-electron chi connectivity index (χ0n) is 20.0. The maximum absolute atomic E-state index is 12.2. The lowest BCUT2D eigenvalue weighted by atomic mass is 9.51. The molecule has 0 aliphatic heterocycles. The number of fused-ring (bicyclic) bond motifs is 4. The summed E-state index contributed by atoms with van der Waals surface area (Å²) in [6, 6.07) is 9.04. The van der Waals surface area contributed by atoms with Crippen molar-refractivity contribution in [2.45, 2.75) is 70.3 Å². The van der Waals surface area contributed by atoms with Gasteiger partial charge in [0.15, 0.2) is 5.78 Å². The van der Waals surface area contributed by atoms with Crippen molar-refractivity contribution in [1.82, 2.24) is 0 Å². The molecule has 0 spiro atoms. The lowest BCUT2D eigenvalue weighted by Crippen LogP contribution is -2.50. The third-order valence-corrected chi connectivity index (χ3v) is 9.20. The van der Waals surface area contributed by atoms with Crippen LogP contribution in [-0.4, -0.2) is 30.6 Å². The summed E-state index contributed by atoms with van der Waals surface area (Å²) >= 11 is 0. The number of anilines is 1. The van der Waals surface area contributed by atoms with Gasteiger partial charge in [0.05, 0.1) is 5.60 Å². The van der Waals surface area contributed by atoms with Crippen LogP contribution in [0.5, 0.6) is 0 Å². The smallest absolute Gasteiger partial charge is 0.156 e. The molecule has 0 bridgehead atoms. The third-order valence-electron chi connectivity index (χ3n) is 9.20. The number of allylic oxidation sites excluding steroid dienone is 5. The minimum absolute atomic E-state index is 0.134. The molecule has 0 heterocycles. The van der Waals surface area contributed by atoms with Crippen LogP contribution in [0.15, 0.2) is 59.2 Å². The van der Waals surface area contributed by atoms with Crippen LogP contribution in [0.4, 0.5) is 5.69 Å². The Kier molecular flexibility index (Phi) is 5.24. The van der Waals surface area contributed by atoms with Crippen LogP contribution < -0.4 is 4.90 Å². The fraction of sp³-hybridized carbons (Fsp3) is 0.552. The summed E-state index contributed by atoms with van der Waals surface area (Å²) in [6.45, 7) is 4.38. The molecule has 1 aromatic carbocycles. The van der Waals surface area contributed by atoms with Crippen LogP contribution in [0.1, 0.15) is 70.3 Å². The van der Waals surface area contributed by atoms with Gasteiger partial charge in [0.1, 0.15) is 0 Å². The summed E-state index contributed by atoms with van der Waals surface area (Å²) in [5.74, 6) is 1.60. The maximum Gasteiger partial charge on any atom is 0.156 e. The number of hydrogen-bond donors (Lipinski definition) is 1. The van der Waals surface area contributed by atoms with Crippen LogP contribution >= 0.6 is 0 Å². The van der Waals surface area contributed by atoms with E-state index in [2.05, 4.69) is 56.3 Å². The van der Waals surface area contributed by atoms with E-state index in [1.165, 1.54) is 22.4 Å². The first-order chi connectivity index (χ1) is 15.3. The molecule has 1 aromatic rings. The Morgan fingerprint density at radius 1 is 1.09 bits per heavy atom. The first-order valence-corrected chi connectivity index (χ1v) is 12.4. The van der Waals surface area contributed by atoms with Crippen molar-refractivity contribution in [2.75, 3.05) is 19.0 Å². The van der Waals surface area contributed by atoms with Gasteiger partial charge in [0.25, 0.3) is 0 Å². The molecule has 0 radical (unpaired) electrons. The first kappa shape index (κ1) is 21.7. The van der Waals surface area contributed by atoms with Gasteiger partial charge in [-0.3, -0.25) is 4.79 Å². The minimum Gasteiger partial charge on any atom is -0.385 e. The van der Waals surface area contributed by atoms with E-state index in [9.17, 15) is 9.90 Å². The molecule has 0 amide bonds. The van der Waals surface area contributed by atoms with Gasteiger partial charge in [-0.2, -0.15) is 0 Å². The summed E-state index contributed by atoms with van der Waals surface area (Å²) in [5, 5.41) is 11.8. The van der Waals surface area contributed by atoms with E-state index in [0.717, 1.165) is 38.5 Å². The van der Waals surface area contributed by atoms with E-state index in [4.69, 9.17) is 0 Å². The SMILES string of the molecule is CC=C[C@]1(O)CC[C@H]2[C@@H]3CCC4=CC(=O)CCC4=C3[C@@H](c3ccc(N(C)C)cc3)C[C@@]21C. The second-order valence-corrected chi connectivity index (χ2v) is 10.9. The molecule has 3 nitrogen and oxygen atoms in total. The van der Waals surface area contributed by atoms with Gasteiger partial charge >= 0.3 is 0 Å². The number of carbonyl (C=O) groups excluding carboxylic acids is 1. The maximum atomic E-state index is 12.2. The molecule has 1 N–H and O–H groups in total. The molecule has 5 rings (SSSR count). The van der Waals surface area contributed by atoms with Gasteiger partial charge < -0.3 is 10.0 Å². The summed E-state index contributed by atoms with van der Waals surface area (Å²) in [5.41, 5.74) is 6.07. The Bertz CT molecular complexity index is 1010. The Hall–Kier alpha value is -2.13. The van der Waals surface area contributed by atoms with E-state index < -0.39 is 5.60 Å². The van der Waals surface area contributed by atoms with E-state index in [0.29, 0.717) is 30.0 Å². The van der Waals surface area contributed by atoms with Crippen molar-refractivity contribution in [1.29, 1.82) is 0 Å². The van der Waals surface area contributed by atoms with E-state index in [-0.39, 0.29) is 5.41 Å². The fourth-order valence-electron chi connectivity index (χ4n) is 7.55. The summed E-state index contributed by atoms with van der Waals surface area (Å²) in [7, 11) is 4.16. The quantitative estimate of drug-likeness (QED) is 0.600. The molecule has 32 heavy (non-hydrogen) atoms.